The van der Waals surface area contributed by atoms with Gasteiger partial charge >= 0.3 is 0 Å². The van der Waals surface area contributed by atoms with Crippen LogP contribution in [0.25, 0.3) is 21.7 Å². The van der Waals surface area contributed by atoms with Gasteiger partial charge in [-0.25, -0.2) is 4.98 Å². The van der Waals surface area contributed by atoms with Crippen LogP contribution < -0.4 is 5.56 Å². The van der Waals surface area contributed by atoms with Gasteiger partial charge in [-0.1, -0.05) is 48.2 Å². The summed E-state index contributed by atoms with van der Waals surface area (Å²) in [5.41, 5.74) is 1.41. The number of nitro groups is 1. The molecule has 1 heterocycles. The predicted molar refractivity (Wildman–Crippen MR) is 112 cm³/mol. The fraction of sp³-hybridized carbons (Fsp3) is 0.143. The van der Waals surface area contributed by atoms with Crippen LogP contribution in [0, 0.1) is 10.1 Å². The van der Waals surface area contributed by atoms with Gasteiger partial charge in [0.15, 0.2) is 5.16 Å². The van der Waals surface area contributed by atoms with Crippen molar-refractivity contribution in [3.63, 3.8) is 0 Å². The summed E-state index contributed by atoms with van der Waals surface area (Å²) < 4.78 is 1.54. The molecule has 0 aliphatic heterocycles. The zero-order valence-electron chi connectivity index (χ0n) is 15.3. The lowest BCUT2D eigenvalue weighted by Crippen LogP contribution is -2.20. The van der Waals surface area contributed by atoms with E-state index in [1.807, 2.05) is 49.4 Å². The third-order valence-electron chi connectivity index (χ3n) is 4.73. The number of aromatic nitrogens is 2. The van der Waals surface area contributed by atoms with Crippen molar-refractivity contribution >= 4 is 39.1 Å². The lowest BCUT2D eigenvalue weighted by Gasteiger charge is -2.14. The molecule has 4 aromatic rings. The number of hydrogen-bond donors (Lipinski definition) is 0. The summed E-state index contributed by atoms with van der Waals surface area (Å²) in [6.45, 7) is 1.94. The Hall–Kier alpha value is -3.19. The topological polar surface area (TPSA) is 78.0 Å². The van der Waals surface area contributed by atoms with Crippen LogP contribution in [0.4, 0.5) is 5.69 Å². The molecule has 0 spiro atoms. The molecule has 6 nitrogen and oxygen atoms in total. The lowest BCUT2D eigenvalue weighted by molar-refractivity contribution is -0.384. The molecule has 28 heavy (non-hydrogen) atoms. The van der Waals surface area contributed by atoms with Crippen molar-refractivity contribution < 1.29 is 4.92 Å². The highest BCUT2D eigenvalue weighted by molar-refractivity contribution is 7.99. The second-order valence-electron chi connectivity index (χ2n) is 6.59. The molecular formula is C21H17N3O3S. The Balaban J connectivity index is 1.77. The van der Waals surface area contributed by atoms with Gasteiger partial charge in [0.05, 0.1) is 15.8 Å². The first-order valence-corrected chi connectivity index (χ1v) is 9.62. The molecule has 0 saturated carbocycles. The smallest absolute Gasteiger partial charge is 0.269 e. The van der Waals surface area contributed by atoms with Crippen molar-refractivity contribution in [2.45, 2.75) is 17.3 Å². The highest BCUT2D eigenvalue weighted by Crippen LogP contribution is 2.35. The van der Waals surface area contributed by atoms with Crippen LogP contribution in [0.3, 0.4) is 0 Å². The minimum Gasteiger partial charge on any atom is -0.290 e. The molecule has 0 aliphatic carbocycles. The van der Waals surface area contributed by atoms with Gasteiger partial charge in [-0.3, -0.25) is 19.5 Å². The van der Waals surface area contributed by atoms with E-state index in [0.717, 1.165) is 16.3 Å². The largest absolute Gasteiger partial charge is 0.290 e. The molecule has 0 fully saturated rings. The standard InChI is InChI=1S/C21H17N3O3S/c1-13(14-8-5-9-17(10-14)24(26)27)28-21-22-19-12-16-7-4-3-6-15(16)11-18(19)20(25)23(21)2/h3-13H,1-2H3/t13-/m1/s1. The maximum Gasteiger partial charge on any atom is 0.269 e. The Kier molecular flexibility index (Phi) is 4.60. The SMILES string of the molecule is C[C@@H](Sc1nc2cc3ccccc3cc2c(=O)n1C)c1cccc([N+](=O)[O-])c1. The van der Waals surface area contributed by atoms with Crippen LogP contribution in [0.2, 0.25) is 0 Å². The summed E-state index contributed by atoms with van der Waals surface area (Å²) in [6, 6.07) is 18.2. The van der Waals surface area contributed by atoms with Gasteiger partial charge in [0, 0.05) is 24.4 Å². The van der Waals surface area contributed by atoms with E-state index in [0.29, 0.717) is 16.1 Å². The van der Waals surface area contributed by atoms with Crippen LogP contribution in [-0.4, -0.2) is 14.5 Å². The number of thioether (sulfide) groups is 1. The summed E-state index contributed by atoms with van der Waals surface area (Å²) in [7, 11) is 1.70. The number of hydrogen-bond acceptors (Lipinski definition) is 5. The first-order chi connectivity index (χ1) is 13.4. The van der Waals surface area contributed by atoms with Crippen LogP contribution in [0.15, 0.2) is 70.6 Å². The molecule has 1 aromatic heterocycles. The lowest BCUT2D eigenvalue weighted by atomic mass is 10.1. The Morgan fingerprint density at radius 3 is 2.50 bits per heavy atom. The number of benzene rings is 3. The maximum absolute atomic E-state index is 12.9. The Bertz CT molecular complexity index is 1280. The van der Waals surface area contributed by atoms with Gasteiger partial charge in [0.1, 0.15) is 0 Å². The van der Waals surface area contributed by atoms with E-state index in [4.69, 9.17) is 4.98 Å². The highest BCUT2D eigenvalue weighted by Gasteiger charge is 2.16. The van der Waals surface area contributed by atoms with Crippen LogP contribution >= 0.6 is 11.8 Å². The van der Waals surface area contributed by atoms with Gasteiger partial charge < -0.3 is 0 Å². The van der Waals surface area contributed by atoms with Gasteiger partial charge in [-0.2, -0.15) is 0 Å². The number of nitro benzene ring substituents is 1. The van der Waals surface area contributed by atoms with Crippen molar-refractivity contribution in [3.05, 3.63) is 86.7 Å². The number of nitrogens with zero attached hydrogens (tertiary/aromatic N) is 3. The van der Waals surface area contributed by atoms with Crippen molar-refractivity contribution in [2.75, 3.05) is 0 Å². The van der Waals surface area contributed by atoms with Crippen LogP contribution in [-0.2, 0) is 7.05 Å². The van der Waals surface area contributed by atoms with E-state index in [9.17, 15) is 14.9 Å². The normalized spacial score (nSPS) is 12.4. The summed E-state index contributed by atoms with van der Waals surface area (Å²) >= 11 is 1.41. The van der Waals surface area contributed by atoms with E-state index in [1.165, 1.54) is 22.4 Å². The molecule has 1 atom stereocenters. The van der Waals surface area contributed by atoms with E-state index in [2.05, 4.69) is 0 Å². The quantitative estimate of drug-likeness (QED) is 0.163. The fourth-order valence-electron chi connectivity index (χ4n) is 3.16. The van der Waals surface area contributed by atoms with E-state index in [-0.39, 0.29) is 16.5 Å². The summed E-state index contributed by atoms with van der Waals surface area (Å²) in [4.78, 5) is 28.2. The molecule has 0 saturated heterocycles. The van der Waals surface area contributed by atoms with Gasteiger partial charge in [-0.05, 0) is 35.4 Å². The molecular weight excluding hydrogens is 374 g/mol. The molecule has 0 N–H and O–H groups in total. The molecule has 0 radical (unpaired) electrons. The second kappa shape index (κ2) is 7.09. The predicted octanol–water partition coefficient (Wildman–Crippen LogP) is 4.85. The highest BCUT2D eigenvalue weighted by atomic mass is 32.2. The van der Waals surface area contributed by atoms with Gasteiger partial charge in [0.25, 0.3) is 11.2 Å². The third-order valence-corrected chi connectivity index (χ3v) is 5.94. The van der Waals surface area contributed by atoms with E-state index in [1.54, 1.807) is 19.2 Å². The molecule has 140 valence electrons. The minimum atomic E-state index is -0.407. The van der Waals surface area contributed by atoms with Crippen LogP contribution in [0.1, 0.15) is 17.7 Å². The van der Waals surface area contributed by atoms with Crippen molar-refractivity contribution in [1.82, 2.24) is 9.55 Å². The second-order valence-corrected chi connectivity index (χ2v) is 7.90. The molecule has 0 bridgehead atoms. The van der Waals surface area contributed by atoms with Gasteiger partial charge in [0.2, 0.25) is 0 Å². The van der Waals surface area contributed by atoms with Gasteiger partial charge in [-0.15, -0.1) is 0 Å². The summed E-state index contributed by atoms with van der Waals surface area (Å²) in [6.07, 6.45) is 0. The van der Waals surface area contributed by atoms with E-state index < -0.39 is 4.92 Å². The first-order valence-electron chi connectivity index (χ1n) is 8.74. The molecule has 0 amide bonds. The maximum atomic E-state index is 12.9. The zero-order chi connectivity index (χ0) is 19.8. The summed E-state index contributed by atoms with van der Waals surface area (Å²) in [5.74, 6) is 0. The van der Waals surface area contributed by atoms with E-state index >= 15 is 0 Å². The van der Waals surface area contributed by atoms with Crippen molar-refractivity contribution in [1.29, 1.82) is 0 Å². The third kappa shape index (κ3) is 3.25. The number of rotatable bonds is 4. The molecule has 0 aliphatic rings. The average molecular weight is 391 g/mol. The Morgan fingerprint density at radius 2 is 1.79 bits per heavy atom. The Morgan fingerprint density at radius 1 is 1.07 bits per heavy atom. The fourth-order valence-corrected chi connectivity index (χ4v) is 4.15. The minimum absolute atomic E-state index is 0.0526. The van der Waals surface area contributed by atoms with Crippen LogP contribution in [0.5, 0.6) is 0 Å². The first kappa shape index (κ1) is 18.2. The summed E-state index contributed by atoms with van der Waals surface area (Å²) in [5, 5.41) is 14.1. The molecule has 3 aromatic carbocycles. The van der Waals surface area contributed by atoms with Crippen molar-refractivity contribution in [2.24, 2.45) is 7.05 Å². The molecule has 4 rings (SSSR count). The monoisotopic (exact) mass is 391 g/mol. The van der Waals surface area contributed by atoms with Crippen molar-refractivity contribution in [3.8, 4) is 0 Å². The Labute approximate surface area is 165 Å². The zero-order valence-corrected chi connectivity index (χ0v) is 16.1. The molecule has 0 unspecified atom stereocenters. The number of non-ortho nitro benzene ring substituents is 1. The molecule has 7 heteroatoms. The average Bonchev–Trinajstić information content (AvgIpc) is 2.70. The number of fused-ring (bicyclic) bond motifs is 2.